The van der Waals surface area contributed by atoms with Gasteiger partial charge in [0.1, 0.15) is 11.6 Å². The zero-order valence-corrected chi connectivity index (χ0v) is 10.3. The van der Waals surface area contributed by atoms with E-state index in [-0.39, 0.29) is 5.82 Å². The molecule has 1 saturated heterocycles. The summed E-state index contributed by atoms with van der Waals surface area (Å²) in [6, 6.07) is 5.94. The molecule has 2 rings (SSSR count). The minimum atomic E-state index is -0.566. The van der Waals surface area contributed by atoms with Gasteiger partial charge in [0.2, 0.25) is 0 Å². The maximum atomic E-state index is 12.7. The maximum Gasteiger partial charge on any atom is 0.135 e. The fourth-order valence-corrected chi connectivity index (χ4v) is 2.18. The van der Waals surface area contributed by atoms with Crippen LogP contribution in [0.2, 0.25) is 0 Å². The highest BCUT2D eigenvalue weighted by atomic mass is 19.1. The van der Waals surface area contributed by atoms with Gasteiger partial charge in [0.25, 0.3) is 0 Å². The molecule has 0 aromatic heterocycles. The van der Waals surface area contributed by atoms with Gasteiger partial charge in [-0.1, -0.05) is 12.1 Å². The van der Waals surface area contributed by atoms with E-state index in [0.717, 1.165) is 25.2 Å². The highest BCUT2D eigenvalue weighted by Crippen LogP contribution is 2.18. The zero-order chi connectivity index (χ0) is 13.0. The fourth-order valence-electron chi connectivity index (χ4n) is 2.18. The Hall–Kier alpha value is -1.26. The van der Waals surface area contributed by atoms with Crippen LogP contribution in [-0.2, 0) is 4.79 Å². The average Bonchev–Trinajstić information content (AvgIpc) is 2.38. The van der Waals surface area contributed by atoms with Crippen LogP contribution in [-0.4, -0.2) is 35.4 Å². The van der Waals surface area contributed by atoms with Gasteiger partial charge in [0, 0.05) is 32.5 Å². The van der Waals surface area contributed by atoms with E-state index in [9.17, 15) is 14.3 Å². The quantitative estimate of drug-likeness (QED) is 0.888. The summed E-state index contributed by atoms with van der Waals surface area (Å²) in [7, 11) is 0. The molecule has 0 radical (unpaired) electrons. The van der Waals surface area contributed by atoms with Crippen LogP contribution in [0, 0.1) is 5.82 Å². The van der Waals surface area contributed by atoms with E-state index in [1.54, 1.807) is 12.1 Å². The molecule has 98 valence electrons. The summed E-state index contributed by atoms with van der Waals surface area (Å²) in [5, 5.41) is 9.98. The van der Waals surface area contributed by atoms with E-state index in [0.29, 0.717) is 25.0 Å². The van der Waals surface area contributed by atoms with Crippen molar-refractivity contribution in [3.63, 3.8) is 0 Å². The van der Waals surface area contributed by atoms with Crippen molar-refractivity contribution in [3.8, 4) is 0 Å². The summed E-state index contributed by atoms with van der Waals surface area (Å²) in [4.78, 5) is 13.3. The number of nitrogens with zero attached hydrogens (tertiary/aromatic N) is 1. The topological polar surface area (TPSA) is 40.5 Å². The molecular weight excluding hydrogens is 233 g/mol. The molecule has 1 aliphatic heterocycles. The lowest BCUT2D eigenvalue weighted by Crippen LogP contribution is -2.35. The van der Waals surface area contributed by atoms with E-state index in [1.807, 2.05) is 0 Å². The Bertz CT molecular complexity index is 395. The van der Waals surface area contributed by atoms with Crippen LogP contribution in [0.5, 0.6) is 0 Å². The van der Waals surface area contributed by atoms with Gasteiger partial charge in [-0.25, -0.2) is 4.39 Å². The monoisotopic (exact) mass is 251 g/mol. The third-order valence-corrected chi connectivity index (χ3v) is 3.39. The molecule has 1 heterocycles. The smallest absolute Gasteiger partial charge is 0.135 e. The Balaban J connectivity index is 1.79. The molecule has 18 heavy (non-hydrogen) atoms. The lowest BCUT2D eigenvalue weighted by Gasteiger charge is -2.26. The Morgan fingerprint density at radius 1 is 1.22 bits per heavy atom. The number of likely N-dealkylation sites (tertiary alicyclic amines) is 1. The van der Waals surface area contributed by atoms with Gasteiger partial charge in [-0.05, 0) is 24.1 Å². The Morgan fingerprint density at radius 3 is 2.44 bits per heavy atom. The van der Waals surface area contributed by atoms with Crippen molar-refractivity contribution < 1.29 is 14.3 Å². The Kier molecular flexibility index (Phi) is 4.44. The van der Waals surface area contributed by atoms with Crippen molar-refractivity contribution in [2.45, 2.75) is 25.4 Å². The number of piperidine rings is 1. The number of benzene rings is 1. The van der Waals surface area contributed by atoms with Crippen LogP contribution in [0.3, 0.4) is 0 Å². The third kappa shape index (κ3) is 3.62. The molecule has 0 amide bonds. The summed E-state index contributed by atoms with van der Waals surface area (Å²) in [6.45, 7) is 2.34. The number of ketones is 1. The van der Waals surface area contributed by atoms with Crippen molar-refractivity contribution >= 4 is 5.78 Å². The second-order valence-corrected chi connectivity index (χ2v) is 4.74. The zero-order valence-electron chi connectivity index (χ0n) is 10.3. The molecule has 0 bridgehead atoms. The number of carbonyl (C=O) groups excluding carboxylic acids is 1. The summed E-state index contributed by atoms with van der Waals surface area (Å²) in [5.41, 5.74) is 0.740. The van der Waals surface area contributed by atoms with Crippen molar-refractivity contribution in [1.29, 1.82) is 0 Å². The lowest BCUT2D eigenvalue weighted by molar-refractivity contribution is -0.121. The molecule has 3 nitrogen and oxygen atoms in total. The molecule has 0 aliphatic carbocycles. The number of Topliss-reactive ketones (excluding diaryl/α,β-unsaturated/α-hetero) is 1. The summed E-state index contributed by atoms with van der Waals surface area (Å²) >= 11 is 0. The predicted octanol–water partition coefficient (Wildman–Crippen LogP) is 1.91. The van der Waals surface area contributed by atoms with E-state index < -0.39 is 6.10 Å². The summed E-state index contributed by atoms with van der Waals surface area (Å²) in [6.07, 6.45) is 1.28. The molecule has 1 fully saturated rings. The SMILES string of the molecule is O=C1CCN(CCC(O)c2ccc(F)cc2)CC1. The van der Waals surface area contributed by atoms with E-state index in [2.05, 4.69) is 4.90 Å². The lowest BCUT2D eigenvalue weighted by atomic mass is 10.0. The highest BCUT2D eigenvalue weighted by Gasteiger charge is 2.17. The molecule has 0 saturated carbocycles. The first-order chi connectivity index (χ1) is 8.65. The molecular formula is C14H18FNO2. The van der Waals surface area contributed by atoms with Gasteiger partial charge in [-0.3, -0.25) is 4.79 Å². The minimum Gasteiger partial charge on any atom is -0.388 e. The van der Waals surface area contributed by atoms with Crippen LogP contribution in [0.4, 0.5) is 4.39 Å². The molecule has 1 unspecified atom stereocenters. The molecule has 0 spiro atoms. The molecule has 1 aliphatic rings. The normalized spacial score (nSPS) is 18.9. The van der Waals surface area contributed by atoms with Crippen molar-refractivity contribution in [3.05, 3.63) is 35.6 Å². The number of aliphatic hydroxyl groups is 1. The average molecular weight is 251 g/mol. The van der Waals surface area contributed by atoms with Crippen molar-refractivity contribution in [1.82, 2.24) is 4.90 Å². The summed E-state index contributed by atoms with van der Waals surface area (Å²) < 4.78 is 12.7. The van der Waals surface area contributed by atoms with Gasteiger partial charge >= 0.3 is 0 Å². The van der Waals surface area contributed by atoms with Crippen molar-refractivity contribution in [2.24, 2.45) is 0 Å². The fraction of sp³-hybridized carbons (Fsp3) is 0.500. The van der Waals surface area contributed by atoms with Crippen LogP contribution in [0.25, 0.3) is 0 Å². The summed E-state index contributed by atoms with van der Waals surface area (Å²) in [5.74, 6) is 0.0332. The molecule has 1 aromatic carbocycles. The molecule has 1 atom stereocenters. The van der Waals surface area contributed by atoms with Crippen molar-refractivity contribution in [2.75, 3.05) is 19.6 Å². The Morgan fingerprint density at radius 2 is 1.83 bits per heavy atom. The molecule has 4 heteroatoms. The van der Waals surface area contributed by atoms with E-state index >= 15 is 0 Å². The first kappa shape index (κ1) is 13.2. The second-order valence-electron chi connectivity index (χ2n) is 4.74. The Labute approximate surface area is 106 Å². The van der Waals surface area contributed by atoms with Gasteiger partial charge in [0.15, 0.2) is 0 Å². The van der Waals surface area contributed by atoms with E-state index in [4.69, 9.17) is 0 Å². The van der Waals surface area contributed by atoms with Gasteiger partial charge < -0.3 is 10.0 Å². The number of aliphatic hydroxyl groups excluding tert-OH is 1. The number of rotatable bonds is 4. The third-order valence-electron chi connectivity index (χ3n) is 3.39. The number of carbonyl (C=O) groups is 1. The molecule has 1 N–H and O–H groups in total. The number of hydrogen-bond donors (Lipinski definition) is 1. The first-order valence-electron chi connectivity index (χ1n) is 6.33. The van der Waals surface area contributed by atoms with Crippen LogP contribution < -0.4 is 0 Å². The minimum absolute atomic E-state index is 0.291. The van der Waals surface area contributed by atoms with E-state index in [1.165, 1.54) is 12.1 Å². The first-order valence-corrected chi connectivity index (χ1v) is 6.33. The standard InChI is InChI=1S/C14H18FNO2/c15-12-3-1-11(2-4-12)14(18)7-10-16-8-5-13(17)6-9-16/h1-4,14,18H,5-10H2. The predicted molar refractivity (Wildman–Crippen MR) is 66.7 cm³/mol. The number of halogens is 1. The number of hydrogen-bond acceptors (Lipinski definition) is 3. The van der Waals surface area contributed by atoms with Gasteiger partial charge in [-0.15, -0.1) is 0 Å². The van der Waals surface area contributed by atoms with Gasteiger partial charge in [0.05, 0.1) is 6.10 Å². The molecule has 1 aromatic rings. The maximum absolute atomic E-state index is 12.7. The second kappa shape index (κ2) is 6.07. The largest absolute Gasteiger partial charge is 0.388 e. The van der Waals surface area contributed by atoms with Gasteiger partial charge in [-0.2, -0.15) is 0 Å². The van der Waals surface area contributed by atoms with Crippen LogP contribution in [0.1, 0.15) is 30.9 Å². The van der Waals surface area contributed by atoms with Crippen LogP contribution in [0.15, 0.2) is 24.3 Å². The highest BCUT2D eigenvalue weighted by molar-refractivity contribution is 5.79. The van der Waals surface area contributed by atoms with Crippen LogP contribution >= 0.6 is 0 Å².